The first-order valence-electron chi connectivity index (χ1n) is 3.96. The maximum atomic E-state index is 9.09. The average molecular weight is 160 g/mol. The van der Waals surface area contributed by atoms with E-state index in [9.17, 15) is 0 Å². The normalized spacial score (nSPS) is 12.1. The minimum atomic E-state index is -0.290. The van der Waals surface area contributed by atoms with Crippen LogP contribution >= 0.6 is 0 Å². The van der Waals surface area contributed by atoms with Gasteiger partial charge in [-0.25, -0.2) is 0 Å². The standard InChI is InChI=1S/C11H12O/c1-3-10-4-6-11(7-5-10)8-9(2)12/h1,4-7,9,12H,8H2,2H3/t9-/m0/s1. The molecule has 0 radical (unpaired) electrons. The fraction of sp³-hybridized carbons (Fsp3) is 0.273. The van der Waals surface area contributed by atoms with E-state index in [4.69, 9.17) is 11.5 Å². The number of aliphatic hydroxyl groups is 1. The van der Waals surface area contributed by atoms with Gasteiger partial charge in [-0.3, -0.25) is 0 Å². The summed E-state index contributed by atoms with van der Waals surface area (Å²) in [5.74, 6) is 2.54. The van der Waals surface area contributed by atoms with E-state index in [2.05, 4.69) is 5.92 Å². The molecule has 0 aromatic heterocycles. The van der Waals surface area contributed by atoms with Crippen LogP contribution in [0.25, 0.3) is 0 Å². The molecule has 0 unspecified atom stereocenters. The molecule has 0 saturated carbocycles. The summed E-state index contributed by atoms with van der Waals surface area (Å²) in [4.78, 5) is 0. The van der Waals surface area contributed by atoms with Gasteiger partial charge in [0.25, 0.3) is 0 Å². The highest BCUT2D eigenvalue weighted by Crippen LogP contribution is 2.05. The molecule has 1 aromatic rings. The second-order valence-electron chi connectivity index (χ2n) is 2.89. The van der Waals surface area contributed by atoms with Crippen LogP contribution in [0.5, 0.6) is 0 Å². The summed E-state index contributed by atoms with van der Waals surface area (Å²) in [5.41, 5.74) is 1.99. The molecule has 0 saturated heterocycles. The SMILES string of the molecule is C#Cc1ccc(C[C@H](C)O)cc1. The van der Waals surface area contributed by atoms with Crippen LogP contribution in [0.4, 0.5) is 0 Å². The molecule has 0 aliphatic rings. The first-order valence-corrected chi connectivity index (χ1v) is 3.96. The van der Waals surface area contributed by atoms with Crippen molar-refractivity contribution < 1.29 is 5.11 Å². The van der Waals surface area contributed by atoms with Gasteiger partial charge < -0.3 is 5.11 Å². The van der Waals surface area contributed by atoms with Gasteiger partial charge in [-0.15, -0.1) is 6.42 Å². The Kier molecular flexibility index (Phi) is 2.90. The Balaban J connectivity index is 2.73. The van der Waals surface area contributed by atoms with Crippen molar-refractivity contribution in [3.63, 3.8) is 0 Å². The fourth-order valence-electron chi connectivity index (χ4n) is 1.08. The lowest BCUT2D eigenvalue weighted by molar-refractivity contribution is 0.195. The maximum absolute atomic E-state index is 9.09. The number of benzene rings is 1. The molecule has 0 spiro atoms. The van der Waals surface area contributed by atoms with E-state index >= 15 is 0 Å². The van der Waals surface area contributed by atoms with Gasteiger partial charge in [0.1, 0.15) is 0 Å². The Labute approximate surface area is 73.0 Å². The minimum Gasteiger partial charge on any atom is -0.393 e. The molecule has 62 valence electrons. The van der Waals surface area contributed by atoms with Crippen molar-refractivity contribution in [1.82, 2.24) is 0 Å². The van der Waals surface area contributed by atoms with Crippen molar-refractivity contribution in [2.45, 2.75) is 19.4 Å². The van der Waals surface area contributed by atoms with Crippen LogP contribution in [0.2, 0.25) is 0 Å². The third-order valence-electron chi connectivity index (χ3n) is 1.65. The van der Waals surface area contributed by atoms with E-state index in [1.807, 2.05) is 24.3 Å². The molecule has 0 aliphatic heterocycles. The second-order valence-corrected chi connectivity index (χ2v) is 2.89. The van der Waals surface area contributed by atoms with Gasteiger partial charge in [0.15, 0.2) is 0 Å². The fourth-order valence-corrected chi connectivity index (χ4v) is 1.08. The van der Waals surface area contributed by atoms with Crippen LogP contribution in [0.1, 0.15) is 18.1 Å². The Hall–Kier alpha value is -1.26. The number of rotatable bonds is 2. The summed E-state index contributed by atoms with van der Waals surface area (Å²) in [6.45, 7) is 1.77. The highest BCUT2D eigenvalue weighted by molar-refractivity contribution is 5.34. The lowest BCUT2D eigenvalue weighted by Crippen LogP contribution is -2.03. The summed E-state index contributed by atoms with van der Waals surface area (Å²) in [7, 11) is 0. The van der Waals surface area contributed by atoms with Gasteiger partial charge in [-0.05, 0) is 31.0 Å². The first kappa shape index (κ1) is 8.83. The predicted molar refractivity (Wildman–Crippen MR) is 49.8 cm³/mol. The maximum Gasteiger partial charge on any atom is 0.0552 e. The summed E-state index contributed by atoms with van der Waals surface area (Å²) < 4.78 is 0. The Morgan fingerprint density at radius 1 is 1.42 bits per heavy atom. The molecule has 0 bridgehead atoms. The Morgan fingerprint density at radius 3 is 2.42 bits per heavy atom. The molecular formula is C11H12O. The van der Waals surface area contributed by atoms with Crippen LogP contribution in [0, 0.1) is 12.3 Å². The third kappa shape index (κ3) is 2.41. The molecule has 0 fully saturated rings. The number of aliphatic hydroxyl groups excluding tert-OH is 1. The highest BCUT2D eigenvalue weighted by Gasteiger charge is 1.97. The van der Waals surface area contributed by atoms with Gasteiger partial charge in [0.05, 0.1) is 6.10 Å². The molecule has 1 heteroatoms. The largest absolute Gasteiger partial charge is 0.393 e. The zero-order valence-electron chi connectivity index (χ0n) is 7.12. The van der Waals surface area contributed by atoms with Crippen molar-refractivity contribution in [1.29, 1.82) is 0 Å². The van der Waals surface area contributed by atoms with Crippen LogP contribution in [0.3, 0.4) is 0 Å². The quantitative estimate of drug-likeness (QED) is 0.651. The first-order chi connectivity index (χ1) is 5.72. The molecule has 1 rings (SSSR count). The minimum absolute atomic E-state index is 0.290. The van der Waals surface area contributed by atoms with E-state index in [0.717, 1.165) is 11.1 Å². The molecule has 0 amide bonds. The van der Waals surface area contributed by atoms with Crippen molar-refractivity contribution >= 4 is 0 Å². The number of terminal acetylenes is 1. The number of hydrogen-bond donors (Lipinski definition) is 1. The van der Waals surface area contributed by atoms with Crippen molar-refractivity contribution in [3.05, 3.63) is 35.4 Å². The van der Waals surface area contributed by atoms with Gasteiger partial charge in [0, 0.05) is 5.56 Å². The molecule has 0 heterocycles. The average Bonchev–Trinajstić information content (AvgIpc) is 2.05. The zero-order valence-corrected chi connectivity index (χ0v) is 7.12. The molecule has 12 heavy (non-hydrogen) atoms. The summed E-state index contributed by atoms with van der Waals surface area (Å²) in [5, 5.41) is 9.09. The lowest BCUT2D eigenvalue weighted by Gasteiger charge is -2.03. The van der Waals surface area contributed by atoms with Gasteiger partial charge >= 0.3 is 0 Å². The van der Waals surface area contributed by atoms with Gasteiger partial charge in [-0.2, -0.15) is 0 Å². The topological polar surface area (TPSA) is 20.2 Å². The smallest absolute Gasteiger partial charge is 0.0552 e. The Morgan fingerprint density at radius 2 is 2.00 bits per heavy atom. The van der Waals surface area contributed by atoms with E-state index in [1.54, 1.807) is 6.92 Å². The molecule has 1 nitrogen and oxygen atoms in total. The lowest BCUT2D eigenvalue weighted by atomic mass is 10.1. The monoisotopic (exact) mass is 160 g/mol. The summed E-state index contributed by atoms with van der Waals surface area (Å²) in [6, 6.07) is 7.67. The van der Waals surface area contributed by atoms with Crippen LogP contribution < -0.4 is 0 Å². The van der Waals surface area contributed by atoms with Crippen molar-refractivity contribution in [3.8, 4) is 12.3 Å². The number of hydrogen-bond acceptors (Lipinski definition) is 1. The zero-order chi connectivity index (χ0) is 8.97. The molecule has 0 aliphatic carbocycles. The van der Waals surface area contributed by atoms with Crippen LogP contribution in [0.15, 0.2) is 24.3 Å². The molecule has 1 atom stereocenters. The Bertz CT molecular complexity index is 277. The highest BCUT2D eigenvalue weighted by atomic mass is 16.3. The van der Waals surface area contributed by atoms with E-state index in [-0.39, 0.29) is 6.10 Å². The molecule has 1 N–H and O–H groups in total. The van der Waals surface area contributed by atoms with E-state index in [1.165, 1.54) is 0 Å². The van der Waals surface area contributed by atoms with Crippen LogP contribution in [-0.2, 0) is 6.42 Å². The van der Waals surface area contributed by atoms with Gasteiger partial charge in [-0.1, -0.05) is 18.1 Å². The second kappa shape index (κ2) is 3.94. The molecule has 1 aromatic carbocycles. The van der Waals surface area contributed by atoms with Crippen molar-refractivity contribution in [2.75, 3.05) is 0 Å². The van der Waals surface area contributed by atoms with Crippen molar-refractivity contribution in [2.24, 2.45) is 0 Å². The van der Waals surface area contributed by atoms with Crippen LogP contribution in [-0.4, -0.2) is 11.2 Å². The van der Waals surface area contributed by atoms with Gasteiger partial charge in [0.2, 0.25) is 0 Å². The summed E-state index contributed by atoms with van der Waals surface area (Å²) in [6.07, 6.45) is 5.60. The van der Waals surface area contributed by atoms with E-state index < -0.39 is 0 Å². The third-order valence-corrected chi connectivity index (χ3v) is 1.65. The molecular weight excluding hydrogens is 148 g/mol. The summed E-state index contributed by atoms with van der Waals surface area (Å²) >= 11 is 0. The predicted octanol–water partition coefficient (Wildman–Crippen LogP) is 1.59. The van der Waals surface area contributed by atoms with E-state index in [0.29, 0.717) is 6.42 Å².